The van der Waals surface area contributed by atoms with Gasteiger partial charge in [-0.1, -0.05) is 0 Å². The van der Waals surface area contributed by atoms with Gasteiger partial charge in [-0.3, -0.25) is 4.79 Å². The zero-order valence-corrected chi connectivity index (χ0v) is 5.87. The number of rotatable bonds is 1. The monoisotopic (exact) mass is 141 g/mol. The van der Waals surface area contributed by atoms with Crippen LogP contribution in [-0.2, 0) is 0 Å². The molecule has 0 saturated carbocycles. The third kappa shape index (κ3) is 0.954. The van der Waals surface area contributed by atoms with E-state index < -0.39 is 0 Å². The standard InChI is InChI=1S/C6H7NOS/c1-4-5(7)3-9-6(4)2-8/h2-3H,7H2,1H3. The summed E-state index contributed by atoms with van der Waals surface area (Å²) in [5, 5.41) is 1.78. The van der Waals surface area contributed by atoms with E-state index in [0.717, 1.165) is 16.7 Å². The van der Waals surface area contributed by atoms with Crippen molar-refractivity contribution in [2.75, 3.05) is 5.73 Å². The number of hydrogen-bond acceptors (Lipinski definition) is 3. The molecule has 0 bridgehead atoms. The minimum Gasteiger partial charge on any atom is -0.398 e. The van der Waals surface area contributed by atoms with E-state index in [0.29, 0.717) is 5.69 Å². The summed E-state index contributed by atoms with van der Waals surface area (Å²) in [4.78, 5) is 10.9. The molecule has 0 aliphatic rings. The number of carbonyl (C=O) groups is 1. The van der Waals surface area contributed by atoms with Crippen molar-refractivity contribution >= 4 is 23.3 Å². The van der Waals surface area contributed by atoms with Gasteiger partial charge in [0.1, 0.15) is 0 Å². The molecule has 0 aromatic carbocycles. The molecule has 0 fully saturated rings. The van der Waals surface area contributed by atoms with E-state index in [1.54, 1.807) is 5.38 Å². The topological polar surface area (TPSA) is 43.1 Å². The van der Waals surface area contributed by atoms with E-state index >= 15 is 0 Å². The van der Waals surface area contributed by atoms with Crippen molar-refractivity contribution in [3.63, 3.8) is 0 Å². The lowest BCUT2D eigenvalue weighted by Gasteiger charge is -1.86. The molecule has 1 rings (SSSR count). The largest absolute Gasteiger partial charge is 0.398 e. The van der Waals surface area contributed by atoms with Crippen LogP contribution in [0.3, 0.4) is 0 Å². The van der Waals surface area contributed by atoms with Crippen LogP contribution in [0.15, 0.2) is 5.38 Å². The second-order valence-corrected chi connectivity index (χ2v) is 2.71. The van der Waals surface area contributed by atoms with Crippen LogP contribution in [0, 0.1) is 6.92 Å². The molecule has 3 heteroatoms. The highest BCUT2D eigenvalue weighted by Gasteiger charge is 2.00. The summed E-state index contributed by atoms with van der Waals surface area (Å²) >= 11 is 1.38. The van der Waals surface area contributed by atoms with Crippen molar-refractivity contribution in [1.29, 1.82) is 0 Å². The predicted molar refractivity (Wildman–Crippen MR) is 38.9 cm³/mol. The van der Waals surface area contributed by atoms with Gasteiger partial charge < -0.3 is 5.73 Å². The van der Waals surface area contributed by atoms with E-state index in [9.17, 15) is 4.79 Å². The molecule has 2 N–H and O–H groups in total. The van der Waals surface area contributed by atoms with Crippen molar-refractivity contribution in [2.45, 2.75) is 6.92 Å². The van der Waals surface area contributed by atoms with Gasteiger partial charge in [0, 0.05) is 11.1 Å². The normalized spacial score (nSPS) is 9.44. The molecule has 0 saturated heterocycles. The summed E-state index contributed by atoms with van der Waals surface area (Å²) in [6.45, 7) is 1.84. The van der Waals surface area contributed by atoms with Gasteiger partial charge in [0.05, 0.1) is 4.88 Å². The molecule has 1 heterocycles. The highest BCUT2D eigenvalue weighted by molar-refractivity contribution is 7.12. The number of thiophene rings is 1. The zero-order valence-electron chi connectivity index (χ0n) is 5.05. The van der Waals surface area contributed by atoms with Gasteiger partial charge in [0.2, 0.25) is 0 Å². The van der Waals surface area contributed by atoms with Gasteiger partial charge in [0.25, 0.3) is 0 Å². The third-order valence-electron chi connectivity index (χ3n) is 1.22. The third-order valence-corrected chi connectivity index (χ3v) is 2.25. The average molecular weight is 141 g/mol. The molecule has 0 radical (unpaired) electrons. The maximum atomic E-state index is 10.2. The van der Waals surface area contributed by atoms with Gasteiger partial charge in [-0.05, 0) is 12.5 Å². The summed E-state index contributed by atoms with van der Waals surface area (Å²) < 4.78 is 0. The second kappa shape index (κ2) is 2.19. The number of anilines is 1. The minimum absolute atomic E-state index is 0.710. The first kappa shape index (κ1) is 6.29. The number of nitrogens with two attached hydrogens (primary N) is 1. The van der Waals surface area contributed by atoms with Crippen molar-refractivity contribution < 1.29 is 4.79 Å². The van der Waals surface area contributed by atoms with Crippen molar-refractivity contribution in [3.8, 4) is 0 Å². The lowest BCUT2D eigenvalue weighted by atomic mass is 10.3. The van der Waals surface area contributed by atoms with Crippen LogP contribution in [0.1, 0.15) is 15.2 Å². The average Bonchev–Trinajstić information content (AvgIpc) is 2.15. The molecule has 0 unspecified atom stereocenters. The summed E-state index contributed by atoms with van der Waals surface area (Å²) in [5.41, 5.74) is 7.08. The number of carbonyl (C=O) groups excluding carboxylic acids is 1. The maximum absolute atomic E-state index is 10.2. The Morgan fingerprint density at radius 1 is 1.78 bits per heavy atom. The van der Waals surface area contributed by atoms with Gasteiger partial charge in [-0.25, -0.2) is 0 Å². The summed E-state index contributed by atoms with van der Waals surface area (Å²) in [5.74, 6) is 0. The van der Waals surface area contributed by atoms with Crippen molar-refractivity contribution in [2.24, 2.45) is 0 Å². The van der Waals surface area contributed by atoms with Crippen LogP contribution in [0.25, 0.3) is 0 Å². The molecule has 1 aromatic heterocycles. The van der Waals surface area contributed by atoms with E-state index in [1.807, 2.05) is 6.92 Å². The molecular weight excluding hydrogens is 134 g/mol. The first-order valence-electron chi connectivity index (χ1n) is 2.54. The van der Waals surface area contributed by atoms with Crippen molar-refractivity contribution in [1.82, 2.24) is 0 Å². The number of nitrogen functional groups attached to an aromatic ring is 1. The van der Waals surface area contributed by atoms with Crippen LogP contribution in [-0.4, -0.2) is 6.29 Å². The van der Waals surface area contributed by atoms with E-state index in [1.165, 1.54) is 11.3 Å². The van der Waals surface area contributed by atoms with Gasteiger partial charge in [0.15, 0.2) is 6.29 Å². The fraction of sp³-hybridized carbons (Fsp3) is 0.167. The Morgan fingerprint density at radius 2 is 2.44 bits per heavy atom. The van der Waals surface area contributed by atoms with Gasteiger partial charge >= 0.3 is 0 Å². The minimum atomic E-state index is 0.710. The Bertz CT molecular complexity index is 229. The maximum Gasteiger partial charge on any atom is 0.160 e. The number of hydrogen-bond donors (Lipinski definition) is 1. The fourth-order valence-corrected chi connectivity index (χ4v) is 1.34. The van der Waals surface area contributed by atoms with Crippen LogP contribution in [0.5, 0.6) is 0 Å². The van der Waals surface area contributed by atoms with Crippen LogP contribution in [0.2, 0.25) is 0 Å². The summed E-state index contributed by atoms with van der Waals surface area (Å²) in [6, 6.07) is 0. The number of aldehydes is 1. The molecule has 48 valence electrons. The Balaban J connectivity index is 3.18. The van der Waals surface area contributed by atoms with Crippen molar-refractivity contribution in [3.05, 3.63) is 15.8 Å². The Morgan fingerprint density at radius 3 is 2.67 bits per heavy atom. The Labute approximate surface area is 57.3 Å². The van der Waals surface area contributed by atoms with Gasteiger partial charge in [-0.15, -0.1) is 11.3 Å². The van der Waals surface area contributed by atoms with E-state index in [-0.39, 0.29) is 0 Å². The molecule has 0 aliphatic heterocycles. The SMILES string of the molecule is Cc1c(N)csc1C=O. The molecule has 0 spiro atoms. The Hall–Kier alpha value is -0.830. The fourth-order valence-electron chi connectivity index (χ4n) is 0.562. The molecule has 1 aromatic rings. The quantitative estimate of drug-likeness (QED) is 0.601. The highest BCUT2D eigenvalue weighted by atomic mass is 32.1. The molecule has 9 heavy (non-hydrogen) atoms. The van der Waals surface area contributed by atoms with Crippen LogP contribution in [0.4, 0.5) is 5.69 Å². The lowest BCUT2D eigenvalue weighted by Crippen LogP contribution is -1.84. The first-order chi connectivity index (χ1) is 4.25. The summed E-state index contributed by atoms with van der Waals surface area (Å²) in [7, 11) is 0. The smallest absolute Gasteiger partial charge is 0.160 e. The predicted octanol–water partition coefficient (Wildman–Crippen LogP) is 1.45. The lowest BCUT2D eigenvalue weighted by molar-refractivity contribution is 0.112. The molecule has 0 amide bonds. The molecular formula is C6H7NOS. The summed E-state index contributed by atoms with van der Waals surface area (Å²) in [6.07, 6.45) is 0.830. The first-order valence-corrected chi connectivity index (χ1v) is 3.42. The zero-order chi connectivity index (χ0) is 6.85. The van der Waals surface area contributed by atoms with Crippen LogP contribution < -0.4 is 5.73 Å². The molecule has 0 atom stereocenters. The Kier molecular flexibility index (Phi) is 1.53. The molecule has 2 nitrogen and oxygen atoms in total. The second-order valence-electron chi connectivity index (χ2n) is 1.80. The molecule has 0 aliphatic carbocycles. The van der Waals surface area contributed by atoms with Crippen LogP contribution >= 0.6 is 11.3 Å². The van der Waals surface area contributed by atoms with Gasteiger partial charge in [-0.2, -0.15) is 0 Å². The van der Waals surface area contributed by atoms with E-state index in [4.69, 9.17) is 5.73 Å². The highest BCUT2D eigenvalue weighted by Crippen LogP contribution is 2.20. The van der Waals surface area contributed by atoms with E-state index in [2.05, 4.69) is 0 Å².